The summed E-state index contributed by atoms with van der Waals surface area (Å²) in [6.07, 6.45) is -0.660. The Kier molecular flexibility index (Phi) is 2.78. The first-order chi connectivity index (χ1) is 5.61. The molecule has 0 aliphatic heterocycles. The van der Waals surface area contributed by atoms with Crippen LogP contribution in [0.15, 0.2) is 24.3 Å². The predicted molar refractivity (Wildman–Crippen MR) is 45.0 cm³/mol. The Morgan fingerprint density at radius 3 is 2.67 bits per heavy atom. The molecule has 0 saturated carbocycles. The fraction of sp³-hybridized carbons (Fsp3) is 0.333. The number of hydrogen-bond acceptors (Lipinski definition) is 2. The highest BCUT2D eigenvalue weighted by molar-refractivity contribution is 5.20. The van der Waals surface area contributed by atoms with Crippen molar-refractivity contribution in [1.82, 2.24) is 0 Å². The van der Waals surface area contributed by atoms with Gasteiger partial charge >= 0.3 is 0 Å². The van der Waals surface area contributed by atoms with E-state index >= 15 is 0 Å². The Labute approximate surface area is 70.8 Å². The molecule has 0 radical (unpaired) electrons. The zero-order valence-corrected chi connectivity index (χ0v) is 6.87. The van der Waals surface area contributed by atoms with Crippen molar-refractivity contribution in [2.24, 2.45) is 5.73 Å². The standard InChI is InChI=1S/C9H12FNO/c1-6(12)9(11)7-3-2-4-8(10)5-7/h2-6,9,12H,11H2,1H3/t6-,9-/m0/s1. The Bertz CT molecular complexity index is 262. The first kappa shape index (κ1) is 9.16. The van der Waals surface area contributed by atoms with Gasteiger partial charge in [-0.2, -0.15) is 0 Å². The summed E-state index contributed by atoms with van der Waals surface area (Å²) in [5.41, 5.74) is 6.21. The summed E-state index contributed by atoms with van der Waals surface area (Å²) in [6, 6.07) is 5.43. The number of aliphatic hydroxyl groups excluding tert-OH is 1. The number of aliphatic hydroxyl groups is 1. The van der Waals surface area contributed by atoms with Crippen LogP contribution in [-0.2, 0) is 0 Å². The average Bonchev–Trinajstić information content (AvgIpc) is 2.03. The third kappa shape index (κ3) is 2.03. The Morgan fingerprint density at radius 1 is 1.50 bits per heavy atom. The van der Waals surface area contributed by atoms with Crippen molar-refractivity contribution >= 4 is 0 Å². The van der Waals surface area contributed by atoms with Crippen LogP contribution in [-0.4, -0.2) is 11.2 Å². The minimum Gasteiger partial charge on any atom is -0.391 e. The van der Waals surface area contributed by atoms with E-state index in [9.17, 15) is 4.39 Å². The van der Waals surface area contributed by atoms with Crippen molar-refractivity contribution in [3.63, 3.8) is 0 Å². The maximum atomic E-state index is 12.7. The summed E-state index contributed by atoms with van der Waals surface area (Å²) >= 11 is 0. The van der Waals surface area contributed by atoms with Gasteiger partial charge in [0.1, 0.15) is 5.82 Å². The molecule has 0 unspecified atom stereocenters. The molecule has 1 aromatic rings. The van der Waals surface area contributed by atoms with Gasteiger partial charge in [-0.3, -0.25) is 0 Å². The molecule has 66 valence electrons. The molecule has 2 atom stereocenters. The van der Waals surface area contributed by atoms with Crippen molar-refractivity contribution in [2.45, 2.75) is 19.1 Å². The predicted octanol–water partition coefficient (Wildman–Crippen LogP) is 1.21. The van der Waals surface area contributed by atoms with Crippen LogP contribution in [0.3, 0.4) is 0 Å². The van der Waals surface area contributed by atoms with Crippen LogP contribution in [0, 0.1) is 5.82 Å². The van der Waals surface area contributed by atoms with E-state index in [0.717, 1.165) is 0 Å². The van der Waals surface area contributed by atoms with E-state index in [-0.39, 0.29) is 5.82 Å². The lowest BCUT2D eigenvalue weighted by molar-refractivity contribution is 0.164. The van der Waals surface area contributed by atoms with Crippen LogP contribution in [0.2, 0.25) is 0 Å². The molecule has 2 nitrogen and oxygen atoms in total. The summed E-state index contributed by atoms with van der Waals surface area (Å²) in [5, 5.41) is 9.12. The van der Waals surface area contributed by atoms with E-state index in [1.54, 1.807) is 19.1 Å². The van der Waals surface area contributed by atoms with Gasteiger partial charge < -0.3 is 10.8 Å². The third-order valence-electron chi connectivity index (χ3n) is 1.75. The molecule has 0 spiro atoms. The maximum absolute atomic E-state index is 12.7. The van der Waals surface area contributed by atoms with Crippen LogP contribution in [0.25, 0.3) is 0 Å². The van der Waals surface area contributed by atoms with Crippen LogP contribution >= 0.6 is 0 Å². The fourth-order valence-corrected chi connectivity index (χ4v) is 0.992. The Morgan fingerprint density at radius 2 is 2.17 bits per heavy atom. The second kappa shape index (κ2) is 3.65. The quantitative estimate of drug-likeness (QED) is 0.699. The highest BCUT2D eigenvalue weighted by Crippen LogP contribution is 2.14. The molecule has 0 amide bonds. The number of halogens is 1. The molecule has 0 aromatic heterocycles. The number of rotatable bonds is 2. The van der Waals surface area contributed by atoms with Crippen molar-refractivity contribution < 1.29 is 9.50 Å². The second-order valence-corrected chi connectivity index (χ2v) is 2.82. The zero-order valence-electron chi connectivity index (χ0n) is 6.87. The van der Waals surface area contributed by atoms with Crippen LogP contribution < -0.4 is 5.73 Å². The van der Waals surface area contributed by atoms with E-state index in [1.165, 1.54) is 12.1 Å². The van der Waals surface area contributed by atoms with Gasteiger partial charge in [0.2, 0.25) is 0 Å². The van der Waals surface area contributed by atoms with Crippen molar-refractivity contribution in [3.05, 3.63) is 35.6 Å². The highest BCUT2D eigenvalue weighted by atomic mass is 19.1. The summed E-state index contributed by atoms with van der Waals surface area (Å²) in [4.78, 5) is 0. The number of hydrogen-bond donors (Lipinski definition) is 2. The summed E-state index contributed by atoms with van der Waals surface area (Å²) in [5.74, 6) is -0.330. The molecule has 1 aromatic carbocycles. The molecule has 0 saturated heterocycles. The third-order valence-corrected chi connectivity index (χ3v) is 1.75. The molecule has 0 aliphatic carbocycles. The van der Waals surface area contributed by atoms with Gasteiger partial charge in [0.25, 0.3) is 0 Å². The molecule has 0 bridgehead atoms. The lowest BCUT2D eigenvalue weighted by Crippen LogP contribution is -2.23. The molecule has 12 heavy (non-hydrogen) atoms. The molecular formula is C9H12FNO. The Hall–Kier alpha value is -0.930. The fourth-order valence-electron chi connectivity index (χ4n) is 0.992. The molecule has 0 fully saturated rings. The van der Waals surface area contributed by atoms with E-state index in [0.29, 0.717) is 5.56 Å². The molecule has 3 heteroatoms. The topological polar surface area (TPSA) is 46.2 Å². The van der Waals surface area contributed by atoms with Gasteiger partial charge in [-0.1, -0.05) is 12.1 Å². The van der Waals surface area contributed by atoms with Crippen LogP contribution in [0.5, 0.6) is 0 Å². The van der Waals surface area contributed by atoms with E-state index in [4.69, 9.17) is 10.8 Å². The monoisotopic (exact) mass is 169 g/mol. The smallest absolute Gasteiger partial charge is 0.123 e. The van der Waals surface area contributed by atoms with Gasteiger partial charge in [-0.25, -0.2) is 4.39 Å². The van der Waals surface area contributed by atoms with Gasteiger partial charge in [-0.15, -0.1) is 0 Å². The van der Waals surface area contributed by atoms with Crippen LogP contribution in [0.4, 0.5) is 4.39 Å². The van der Waals surface area contributed by atoms with Crippen LogP contribution in [0.1, 0.15) is 18.5 Å². The van der Waals surface area contributed by atoms with Gasteiger partial charge in [0.05, 0.1) is 12.1 Å². The molecule has 0 heterocycles. The zero-order chi connectivity index (χ0) is 9.14. The molecular weight excluding hydrogens is 157 g/mol. The lowest BCUT2D eigenvalue weighted by Gasteiger charge is -2.14. The van der Waals surface area contributed by atoms with Crippen molar-refractivity contribution in [1.29, 1.82) is 0 Å². The SMILES string of the molecule is C[C@H](O)[C@H](N)c1cccc(F)c1. The summed E-state index contributed by atoms with van der Waals surface area (Å²) in [7, 11) is 0. The number of nitrogens with two attached hydrogens (primary N) is 1. The van der Waals surface area contributed by atoms with Gasteiger partial charge in [-0.05, 0) is 24.6 Å². The lowest BCUT2D eigenvalue weighted by atomic mass is 10.0. The Balaban J connectivity index is 2.88. The minimum atomic E-state index is -0.660. The normalized spacial score (nSPS) is 15.7. The van der Waals surface area contributed by atoms with Gasteiger partial charge in [0.15, 0.2) is 0 Å². The molecule has 3 N–H and O–H groups in total. The number of benzene rings is 1. The van der Waals surface area contributed by atoms with Gasteiger partial charge in [0, 0.05) is 0 Å². The second-order valence-electron chi connectivity index (χ2n) is 2.82. The first-order valence-electron chi connectivity index (χ1n) is 3.80. The maximum Gasteiger partial charge on any atom is 0.123 e. The minimum absolute atomic E-state index is 0.330. The average molecular weight is 169 g/mol. The molecule has 1 rings (SSSR count). The first-order valence-corrected chi connectivity index (χ1v) is 3.80. The van der Waals surface area contributed by atoms with E-state index < -0.39 is 12.1 Å². The highest BCUT2D eigenvalue weighted by Gasteiger charge is 2.11. The van der Waals surface area contributed by atoms with Crippen molar-refractivity contribution in [2.75, 3.05) is 0 Å². The van der Waals surface area contributed by atoms with E-state index in [2.05, 4.69) is 0 Å². The largest absolute Gasteiger partial charge is 0.391 e. The summed E-state index contributed by atoms with van der Waals surface area (Å²) < 4.78 is 12.7. The molecule has 0 aliphatic rings. The van der Waals surface area contributed by atoms with Crippen molar-refractivity contribution in [3.8, 4) is 0 Å². The van der Waals surface area contributed by atoms with E-state index in [1.807, 2.05) is 0 Å². The summed E-state index contributed by atoms with van der Waals surface area (Å²) in [6.45, 7) is 1.58.